The first kappa shape index (κ1) is 16.7. The molecule has 2 aromatic rings. The normalized spacial score (nSPS) is 23.3. The molecule has 0 aromatic carbocycles. The van der Waals surface area contributed by atoms with Crippen molar-refractivity contribution in [1.29, 1.82) is 0 Å². The first-order valence-electron chi connectivity index (χ1n) is 9.61. The number of nitrogens with one attached hydrogen (secondary N) is 1. The molecule has 2 fully saturated rings. The third-order valence-electron chi connectivity index (χ3n) is 5.88. The summed E-state index contributed by atoms with van der Waals surface area (Å²) in [5.74, 6) is 1.77. The Morgan fingerprint density at radius 1 is 1.08 bits per heavy atom. The van der Waals surface area contributed by atoms with E-state index in [4.69, 9.17) is 0 Å². The van der Waals surface area contributed by atoms with Gasteiger partial charge in [0.2, 0.25) is 0 Å². The molecule has 2 aliphatic heterocycles. The molecule has 1 N–H and O–H groups in total. The lowest BCUT2D eigenvalue weighted by Crippen LogP contribution is -2.36. The van der Waals surface area contributed by atoms with Gasteiger partial charge in [-0.05, 0) is 75.4 Å². The van der Waals surface area contributed by atoms with Crippen LogP contribution in [-0.2, 0) is 13.1 Å². The lowest BCUT2D eigenvalue weighted by molar-refractivity contribution is 0.141. The zero-order valence-electron chi connectivity index (χ0n) is 15.2. The Bertz CT molecular complexity index is 660. The van der Waals surface area contributed by atoms with Crippen molar-refractivity contribution in [3.05, 3.63) is 47.5 Å². The van der Waals surface area contributed by atoms with Crippen LogP contribution in [0.3, 0.4) is 0 Å². The van der Waals surface area contributed by atoms with Crippen LogP contribution < -0.4 is 0 Å². The molecule has 1 unspecified atom stereocenters. The fourth-order valence-electron chi connectivity index (χ4n) is 4.51. The van der Waals surface area contributed by atoms with Gasteiger partial charge in [0.15, 0.2) is 0 Å². The maximum atomic E-state index is 4.39. The molecule has 4 heterocycles. The second kappa shape index (κ2) is 7.67. The van der Waals surface area contributed by atoms with Gasteiger partial charge in [-0.3, -0.25) is 19.9 Å². The van der Waals surface area contributed by atoms with Crippen molar-refractivity contribution in [2.45, 2.75) is 39.3 Å². The summed E-state index contributed by atoms with van der Waals surface area (Å²) in [6.45, 7) is 9.06. The Hall–Kier alpha value is -1.72. The van der Waals surface area contributed by atoms with Crippen molar-refractivity contribution in [2.75, 3.05) is 26.2 Å². The molecular weight excluding hydrogens is 310 g/mol. The number of rotatable bonds is 5. The van der Waals surface area contributed by atoms with Gasteiger partial charge in [-0.1, -0.05) is 6.07 Å². The summed E-state index contributed by atoms with van der Waals surface area (Å²) in [6, 6.07) is 6.39. The Kier molecular flexibility index (Phi) is 5.13. The van der Waals surface area contributed by atoms with Gasteiger partial charge in [0.1, 0.15) is 0 Å². The van der Waals surface area contributed by atoms with E-state index in [1.807, 2.05) is 18.5 Å². The average Bonchev–Trinajstić information content (AvgIpc) is 3.26. The van der Waals surface area contributed by atoms with Crippen LogP contribution in [-0.4, -0.2) is 51.2 Å². The van der Waals surface area contributed by atoms with Crippen molar-refractivity contribution in [3.63, 3.8) is 0 Å². The molecule has 0 amide bonds. The highest BCUT2D eigenvalue weighted by Gasteiger charge is 2.32. The number of likely N-dealkylation sites (tertiary alicyclic amines) is 2. The summed E-state index contributed by atoms with van der Waals surface area (Å²) >= 11 is 0. The second-order valence-corrected chi connectivity index (χ2v) is 7.80. The maximum Gasteiger partial charge on any atom is 0.0765 e. The molecule has 0 bridgehead atoms. The Morgan fingerprint density at radius 3 is 2.60 bits per heavy atom. The van der Waals surface area contributed by atoms with Gasteiger partial charge < -0.3 is 0 Å². The largest absolute Gasteiger partial charge is 0.299 e. The van der Waals surface area contributed by atoms with Crippen LogP contribution in [0.15, 0.2) is 30.6 Å². The van der Waals surface area contributed by atoms with Gasteiger partial charge in [-0.2, -0.15) is 5.10 Å². The van der Waals surface area contributed by atoms with Crippen molar-refractivity contribution in [2.24, 2.45) is 11.8 Å². The van der Waals surface area contributed by atoms with Gasteiger partial charge in [-0.15, -0.1) is 0 Å². The Labute approximate surface area is 150 Å². The molecule has 2 aliphatic rings. The first-order chi connectivity index (χ1) is 12.3. The van der Waals surface area contributed by atoms with E-state index in [0.29, 0.717) is 0 Å². The van der Waals surface area contributed by atoms with Gasteiger partial charge in [0.25, 0.3) is 0 Å². The molecule has 0 radical (unpaired) electrons. The molecule has 25 heavy (non-hydrogen) atoms. The molecule has 0 saturated carbocycles. The fraction of sp³-hybridized carbons (Fsp3) is 0.600. The first-order valence-corrected chi connectivity index (χ1v) is 9.61. The molecule has 2 saturated heterocycles. The van der Waals surface area contributed by atoms with E-state index in [9.17, 15) is 0 Å². The van der Waals surface area contributed by atoms with Crippen molar-refractivity contribution in [3.8, 4) is 0 Å². The standard InChI is InChI=1S/C20H29N5/c1-16-11-20(23-22-16)15-25-10-6-19(14-25)18-4-8-24(9-5-18)13-17-3-2-7-21-12-17/h2-3,7,11-12,18-19H,4-6,8-10,13-15H2,1H3,(H,22,23). The molecule has 4 rings (SSSR count). The summed E-state index contributed by atoms with van der Waals surface area (Å²) in [4.78, 5) is 9.41. The summed E-state index contributed by atoms with van der Waals surface area (Å²) in [6.07, 6.45) is 7.90. The van der Waals surface area contributed by atoms with E-state index < -0.39 is 0 Å². The molecule has 0 aliphatic carbocycles. The Morgan fingerprint density at radius 2 is 1.88 bits per heavy atom. The molecule has 134 valence electrons. The van der Waals surface area contributed by atoms with Crippen LogP contribution in [0.2, 0.25) is 0 Å². The van der Waals surface area contributed by atoms with E-state index in [-0.39, 0.29) is 0 Å². The number of aryl methyl sites for hydroxylation is 1. The van der Waals surface area contributed by atoms with Crippen molar-refractivity contribution in [1.82, 2.24) is 25.0 Å². The van der Waals surface area contributed by atoms with Crippen LogP contribution >= 0.6 is 0 Å². The van der Waals surface area contributed by atoms with Crippen molar-refractivity contribution >= 4 is 0 Å². The number of pyridine rings is 1. The molecule has 0 spiro atoms. The summed E-state index contributed by atoms with van der Waals surface area (Å²) < 4.78 is 0. The molecule has 2 aromatic heterocycles. The predicted octanol–water partition coefficient (Wildman–Crippen LogP) is 2.85. The number of hydrogen-bond acceptors (Lipinski definition) is 4. The number of nitrogens with zero attached hydrogens (tertiary/aromatic N) is 4. The summed E-state index contributed by atoms with van der Waals surface area (Å²) in [7, 11) is 0. The minimum atomic E-state index is 0.876. The number of aromatic amines is 1. The summed E-state index contributed by atoms with van der Waals surface area (Å²) in [5.41, 5.74) is 3.68. The Balaban J connectivity index is 1.23. The molecule has 1 atom stereocenters. The van der Waals surface area contributed by atoms with E-state index in [2.05, 4.69) is 44.0 Å². The van der Waals surface area contributed by atoms with Gasteiger partial charge >= 0.3 is 0 Å². The van der Waals surface area contributed by atoms with Gasteiger partial charge in [0.05, 0.1) is 5.69 Å². The maximum absolute atomic E-state index is 4.39. The van der Waals surface area contributed by atoms with Crippen molar-refractivity contribution < 1.29 is 0 Å². The third-order valence-corrected chi connectivity index (χ3v) is 5.88. The number of hydrogen-bond donors (Lipinski definition) is 1. The van der Waals surface area contributed by atoms with Gasteiger partial charge in [-0.25, -0.2) is 0 Å². The predicted molar refractivity (Wildman–Crippen MR) is 98.9 cm³/mol. The second-order valence-electron chi connectivity index (χ2n) is 7.80. The van der Waals surface area contributed by atoms with E-state index in [1.165, 1.54) is 56.7 Å². The topological polar surface area (TPSA) is 48.1 Å². The number of piperidine rings is 1. The monoisotopic (exact) mass is 339 g/mol. The fourth-order valence-corrected chi connectivity index (χ4v) is 4.51. The highest BCUT2D eigenvalue weighted by molar-refractivity contribution is 5.08. The zero-order chi connectivity index (χ0) is 17.1. The van der Waals surface area contributed by atoms with E-state index in [0.717, 1.165) is 30.6 Å². The average molecular weight is 339 g/mol. The number of H-pyrrole nitrogens is 1. The lowest BCUT2D eigenvalue weighted by Gasteiger charge is -2.34. The minimum Gasteiger partial charge on any atom is -0.299 e. The molecular formula is C20H29N5. The number of aromatic nitrogens is 3. The quantitative estimate of drug-likeness (QED) is 0.910. The van der Waals surface area contributed by atoms with Crippen LogP contribution in [0.1, 0.15) is 36.2 Å². The minimum absolute atomic E-state index is 0.876. The van der Waals surface area contributed by atoms with Crippen LogP contribution in [0.4, 0.5) is 0 Å². The summed E-state index contributed by atoms with van der Waals surface area (Å²) in [5, 5.41) is 7.44. The molecule has 5 nitrogen and oxygen atoms in total. The highest BCUT2D eigenvalue weighted by Crippen LogP contribution is 2.32. The van der Waals surface area contributed by atoms with E-state index >= 15 is 0 Å². The highest BCUT2D eigenvalue weighted by atomic mass is 15.2. The molecule has 5 heteroatoms. The van der Waals surface area contributed by atoms with Gasteiger partial charge in [0, 0.05) is 37.7 Å². The van der Waals surface area contributed by atoms with Crippen LogP contribution in [0.5, 0.6) is 0 Å². The van der Waals surface area contributed by atoms with Crippen LogP contribution in [0.25, 0.3) is 0 Å². The smallest absolute Gasteiger partial charge is 0.0765 e. The third kappa shape index (κ3) is 4.28. The van der Waals surface area contributed by atoms with Crippen LogP contribution in [0, 0.1) is 18.8 Å². The van der Waals surface area contributed by atoms with E-state index in [1.54, 1.807) is 0 Å². The zero-order valence-corrected chi connectivity index (χ0v) is 15.2. The SMILES string of the molecule is Cc1cc(CN2CCC(C3CCN(Cc4cccnc4)CC3)C2)n[nH]1. The lowest BCUT2D eigenvalue weighted by atomic mass is 9.83.